The van der Waals surface area contributed by atoms with E-state index in [9.17, 15) is 5.11 Å². The highest BCUT2D eigenvalue weighted by Gasteiger charge is 2.08. The predicted molar refractivity (Wildman–Crippen MR) is 80.9 cm³/mol. The lowest BCUT2D eigenvalue weighted by molar-refractivity contribution is 0.253. The topological polar surface area (TPSA) is 23.5 Å². The standard InChI is InChI=1S/C15H24BrNO/c1-3-5-9-17(10-6-4-2)12-13-11-14(16)7-8-15(13)18/h7-8,11,18H,3-6,9-10,12H2,1-2H3. The van der Waals surface area contributed by atoms with E-state index in [0.29, 0.717) is 5.75 Å². The molecule has 0 saturated heterocycles. The van der Waals surface area contributed by atoms with Gasteiger partial charge in [-0.25, -0.2) is 0 Å². The Bertz CT molecular complexity index is 346. The maximum absolute atomic E-state index is 9.89. The van der Waals surface area contributed by atoms with Crippen molar-refractivity contribution in [2.75, 3.05) is 13.1 Å². The lowest BCUT2D eigenvalue weighted by Gasteiger charge is -2.22. The van der Waals surface area contributed by atoms with Crippen molar-refractivity contribution in [3.05, 3.63) is 28.2 Å². The molecule has 1 N–H and O–H groups in total. The summed E-state index contributed by atoms with van der Waals surface area (Å²) in [5, 5.41) is 9.89. The van der Waals surface area contributed by atoms with Crippen LogP contribution in [0.25, 0.3) is 0 Å². The Morgan fingerprint density at radius 2 is 1.72 bits per heavy atom. The molecular formula is C15H24BrNO. The van der Waals surface area contributed by atoms with E-state index in [1.807, 2.05) is 12.1 Å². The van der Waals surface area contributed by atoms with Crippen molar-refractivity contribution in [1.29, 1.82) is 0 Å². The summed E-state index contributed by atoms with van der Waals surface area (Å²) in [6.07, 6.45) is 4.87. The average molecular weight is 314 g/mol. The maximum Gasteiger partial charge on any atom is 0.120 e. The van der Waals surface area contributed by atoms with Crippen LogP contribution in [0.2, 0.25) is 0 Å². The van der Waals surface area contributed by atoms with Crippen LogP contribution in [-0.4, -0.2) is 23.1 Å². The monoisotopic (exact) mass is 313 g/mol. The minimum Gasteiger partial charge on any atom is -0.508 e. The summed E-state index contributed by atoms with van der Waals surface area (Å²) in [5.41, 5.74) is 1.01. The van der Waals surface area contributed by atoms with E-state index in [1.165, 1.54) is 25.7 Å². The number of hydrogen-bond donors (Lipinski definition) is 1. The highest BCUT2D eigenvalue weighted by Crippen LogP contribution is 2.23. The molecule has 0 spiro atoms. The van der Waals surface area contributed by atoms with Gasteiger partial charge in [0.2, 0.25) is 0 Å². The second kappa shape index (κ2) is 8.54. The first-order chi connectivity index (χ1) is 8.67. The minimum absolute atomic E-state index is 0.399. The number of aromatic hydroxyl groups is 1. The van der Waals surface area contributed by atoms with Gasteiger partial charge in [-0.1, -0.05) is 42.6 Å². The molecule has 1 rings (SSSR count). The average Bonchev–Trinajstić information content (AvgIpc) is 2.37. The summed E-state index contributed by atoms with van der Waals surface area (Å²) in [6, 6.07) is 5.65. The van der Waals surface area contributed by atoms with Crippen molar-refractivity contribution < 1.29 is 5.11 Å². The summed E-state index contributed by atoms with van der Waals surface area (Å²) in [4.78, 5) is 2.44. The normalized spacial score (nSPS) is 11.1. The highest BCUT2D eigenvalue weighted by atomic mass is 79.9. The number of unbranched alkanes of at least 4 members (excludes halogenated alkanes) is 2. The molecular weight excluding hydrogens is 290 g/mol. The Labute approximate surface area is 119 Å². The van der Waals surface area contributed by atoms with E-state index >= 15 is 0 Å². The molecule has 2 nitrogen and oxygen atoms in total. The molecule has 0 unspecified atom stereocenters. The van der Waals surface area contributed by atoms with Crippen molar-refractivity contribution in [3.8, 4) is 5.75 Å². The third kappa shape index (κ3) is 5.40. The summed E-state index contributed by atoms with van der Waals surface area (Å²) < 4.78 is 1.03. The van der Waals surface area contributed by atoms with Gasteiger partial charge in [0.1, 0.15) is 5.75 Å². The van der Waals surface area contributed by atoms with Crippen molar-refractivity contribution in [1.82, 2.24) is 4.90 Å². The van der Waals surface area contributed by atoms with Crippen LogP contribution < -0.4 is 0 Å². The summed E-state index contributed by atoms with van der Waals surface area (Å²) in [6.45, 7) is 7.50. The van der Waals surface area contributed by atoms with Gasteiger partial charge in [0.05, 0.1) is 0 Å². The summed E-state index contributed by atoms with van der Waals surface area (Å²) in [5.74, 6) is 0.399. The van der Waals surface area contributed by atoms with Gasteiger partial charge in [-0.3, -0.25) is 4.90 Å². The van der Waals surface area contributed by atoms with Crippen LogP contribution in [0, 0.1) is 0 Å². The van der Waals surface area contributed by atoms with Gasteiger partial charge >= 0.3 is 0 Å². The molecule has 102 valence electrons. The molecule has 3 heteroatoms. The SMILES string of the molecule is CCCCN(CCCC)Cc1cc(Br)ccc1O. The van der Waals surface area contributed by atoms with E-state index in [4.69, 9.17) is 0 Å². The first-order valence-corrected chi connectivity index (χ1v) is 7.66. The van der Waals surface area contributed by atoms with E-state index < -0.39 is 0 Å². The third-order valence-corrected chi connectivity index (χ3v) is 3.58. The Morgan fingerprint density at radius 3 is 2.28 bits per heavy atom. The van der Waals surface area contributed by atoms with Crippen LogP contribution in [0.4, 0.5) is 0 Å². The zero-order valence-electron chi connectivity index (χ0n) is 11.5. The molecule has 0 aliphatic carbocycles. The Balaban J connectivity index is 2.65. The molecule has 0 atom stereocenters. The first kappa shape index (κ1) is 15.5. The van der Waals surface area contributed by atoms with Gasteiger partial charge in [0.25, 0.3) is 0 Å². The number of phenolic OH excluding ortho intramolecular Hbond substituents is 1. The van der Waals surface area contributed by atoms with Crippen molar-refractivity contribution >= 4 is 15.9 Å². The number of halogens is 1. The summed E-state index contributed by atoms with van der Waals surface area (Å²) >= 11 is 3.46. The molecule has 1 aromatic carbocycles. The summed E-state index contributed by atoms with van der Waals surface area (Å²) in [7, 11) is 0. The Kier molecular flexibility index (Phi) is 7.36. The minimum atomic E-state index is 0.399. The number of benzene rings is 1. The zero-order chi connectivity index (χ0) is 13.4. The molecule has 0 amide bonds. The number of rotatable bonds is 8. The quantitative estimate of drug-likeness (QED) is 0.760. The first-order valence-electron chi connectivity index (χ1n) is 6.87. The molecule has 1 aromatic rings. The smallest absolute Gasteiger partial charge is 0.120 e. The van der Waals surface area contributed by atoms with Crippen LogP contribution in [0.1, 0.15) is 45.1 Å². The van der Waals surface area contributed by atoms with Gasteiger partial charge in [0.15, 0.2) is 0 Å². The van der Waals surface area contributed by atoms with Crippen molar-refractivity contribution in [3.63, 3.8) is 0 Å². The largest absolute Gasteiger partial charge is 0.508 e. The Morgan fingerprint density at radius 1 is 1.11 bits per heavy atom. The molecule has 0 aliphatic heterocycles. The molecule has 0 saturated carbocycles. The van der Waals surface area contributed by atoms with E-state index in [-0.39, 0.29) is 0 Å². The molecule has 0 aromatic heterocycles. The van der Waals surface area contributed by atoms with E-state index in [0.717, 1.165) is 29.7 Å². The highest BCUT2D eigenvalue weighted by molar-refractivity contribution is 9.10. The van der Waals surface area contributed by atoms with E-state index in [2.05, 4.69) is 34.7 Å². The molecule has 0 radical (unpaired) electrons. The van der Waals surface area contributed by atoms with Gasteiger partial charge in [-0.05, 0) is 44.1 Å². The van der Waals surface area contributed by atoms with E-state index in [1.54, 1.807) is 6.07 Å². The molecule has 18 heavy (non-hydrogen) atoms. The number of nitrogens with zero attached hydrogens (tertiary/aromatic N) is 1. The molecule has 0 fully saturated rings. The fraction of sp³-hybridized carbons (Fsp3) is 0.600. The molecule has 0 aliphatic rings. The fourth-order valence-corrected chi connectivity index (χ4v) is 2.36. The maximum atomic E-state index is 9.89. The second-order valence-corrected chi connectivity index (χ2v) is 5.67. The van der Waals surface area contributed by atoms with Crippen molar-refractivity contribution in [2.45, 2.75) is 46.1 Å². The molecule has 0 heterocycles. The van der Waals surface area contributed by atoms with Crippen LogP contribution in [0.3, 0.4) is 0 Å². The second-order valence-electron chi connectivity index (χ2n) is 4.76. The van der Waals surface area contributed by atoms with Crippen LogP contribution >= 0.6 is 15.9 Å². The lowest BCUT2D eigenvalue weighted by Crippen LogP contribution is -2.25. The van der Waals surface area contributed by atoms with Gasteiger partial charge in [-0.2, -0.15) is 0 Å². The van der Waals surface area contributed by atoms with Crippen molar-refractivity contribution in [2.24, 2.45) is 0 Å². The lowest BCUT2D eigenvalue weighted by atomic mass is 10.1. The Hall–Kier alpha value is -0.540. The third-order valence-electron chi connectivity index (χ3n) is 3.09. The van der Waals surface area contributed by atoms with Crippen LogP contribution in [0.5, 0.6) is 5.75 Å². The molecule has 0 bridgehead atoms. The van der Waals surface area contributed by atoms with Gasteiger partial charge in [-0.15, -0.1) is 0 Å². The van der Waals surface area contributed by atoms with Gasteiger partial charge in [0, 0.05) is 16.6 Å². The van der Waals surface area contributed by atoms with Crippen LogP contribution in [-0.2, 0) is 6.54 Å². The van der Waals surface area contributed by atoms with Crippen LogP contribution in [0.15, 0.2) is 22.7 Å². The number of hydrogen-bond acceptors (Lipinski definition) is 2. The number of phenols is 1. The zero-order valence-corrected chi connectivity index (χ0v) is 13.0. The van der Waals surface area contributed by atoms with Gasteiger partial charge < -0.3 is 5.11 Å². The predicted octanol–water partition coefficient (Wildman–Crippen LogP) is 4.56. The fourth-order valence-electron chi connectivity index (χ4n) is 1.95.